The molecule has 0 bridgehead atoms. The third-order valence-corrected chi connectivity index (χ3v) is 5.10. The van der Waals surface area contributed by atoms with E-state index in [1.54, 1.807) is 17.3 Å². The van der Waals surface area contributed by atoms with Crippen LogP contribution in [0.3, 0.4) is 0 Å². The van der Waals surface area contributed by atoms with Crippen LogP contribution in [0.5, 0.6) is 0 Å². The SMILES string of the molecule is CC(C)(C)OC(=O)N1CCC(CNc2cncc(Nc3ccc(C(F)(F)F)cc3)c2)CC1. The first-order chi connectivity index (χ1) is 15.0. The molecule has 0 radical (unpaired) electrons. The molecule has 9 heteroatoms. The average molecular weight is 451 g/mol. The number of carbonyl (C=O) groups is 1. The van der Waals surface area contributed by atoms with Crippen LogP contribution in [0.2, 0.25) is 0 Å². The highest BCUT2D eigenvalue weighted by atomic mass is 19.4. The van der Waals surface area contributed by atoms with Crippen molar-refractivity contribution in [3.05, 3.63) is 48.3 Å². The Bertz CT molecular complexity index is 903. The number of halogens is 3. The second-order valence-electron chi connectivity index (χ2n) is 8.95. The van der Waals surface area contributed by atoms with Gasteiger partial charge < -0.3 is 20.3 Å². The zero-order valence-corrected chi connectivity index (χ0v) is 18.5. The molecule has 1 aliphatic rings. The van der Waals surface area contributed by atoms with Gasteiger partial charge in [0.1, 0.15) is 5.60 Å². The number of benzene rings is 1. The molecule has 1 aliphatic heterocycles. The summed E-state index contributed by atoms with van der Waals surface area (Å²) in [7, 11) is 0. The van der Waals surface area contributed by atoms with Crippen molar-refractivity contribution in [2.24, 2.45) is 5.92 Å². The molecule has 0 atom stereocenters. The van der Waals surface area contributed by atoms with Crippen molar-refractivity contribution in [3.63, 3.8) is 0 Å². The Morgan fingerprint density at radius 1 is 1.06 bits per heavy atom. The quantitative estimate of drug-likeness (QED) is 0.593. The van der Waals surface area contributed by atoms with E-state index in [4.69, 9.17) is 4.74 Å². The summed E-state index contributed by atoms with van der Waals surface area (Å²) in [5.41, 5.74) is 0.855. The molecule has 1 amide bonds. The van der Waals surface area contributed by atoms with Crippen molar-refractivity contribution < 1.29 is 22.7 Å². The van der Waals surface area contributed by atoms with Gasteiger partial charge >= 0.3 is 12.3 Å². The number of carbonyl (C=O) groups excluding carboxylic acids is 1. The highest BCUT2D eigenvalue weighted by molar-refractivity contribution is 5.68. The topological polar surface area (TPSA) is 66.5 Å². The summed E-state index contributed by atoms with van der Waals surface area (Å²) in [5.74, 6) is 0.417. The summed E-state index contributed by atoms with van der Waals surface area (Å²) >= 11 is 0. The fraction of sp³-hybridized carbons (Fsp3) is 0.478. The fourth-order valence-corrected chi connectivity index (χ4v) is 3.42. The molecule has 0 unspecified atom stereocenters. The average Bonchev–Trinajstić information content (AvgIpc) is 2.71. The molecule has 174 valence electrons. The maximum atomic E-state index is 12.7. The minimum atomic E-state index is -4.35. The Labute approximate surface area is 186 Å². The smallest absolute Gasteiger partial charge is 0.416 e. The Morgan fingerprint density at radius 2 is 1.69 bits per heavy atom. The van der Waals surface area contributed by atoms with Gasteiger partial charge in [-0.05, 0) is 69.9 Å². The largest absolute Gasteiger partial charge is 0.444 e. The zero-order valence-electron chi connectivity index (χ0n) is 18.5. The van der Waals surface area contributed by atoms with Crippen molar-refractivity contribution in [2.75, 3.05) is 30.3 Å². The van der Waals surface area contributed by atoms with Gasteiger partial charge in [-0.25, -0.2) is 4.79 Å². The number of likely N-dealkylation sites (tertiary alicyclic amines) is 1. The fourth-order valence-electron chi connectivity index (χ4n) is 3.42. The first kappa shape index (κ1) is 23.7. The Balaban J connectivity index is 1.48. The molecule has 0 aliphatic carbocycles. The lowest BCUT2D eigenvalue weighted by Gasteiger charge is -2.33. The van der Waals surface area contributed by atoms with E-state index in [0.29, 0.717) is 30.4 Å². The predicted molar refractivity (Wildman–Crippen MR) is 118 cm³/mol. The summed E-state index contributed by atoms with van der Waals surface area (Å²) in [6.07, 6.45) is 0.449. The van der Waals surface area contributed by atoms with Crippen LogP contribution in [0.25, 0.3) is 0 Å². The maximum Gasteiger partial charge on any atom is 0.416 e. The van der Waals surface area contributed by atoms with E-state index in [0.717, 1.165) is 37.2 Å². The number of nitrogens with zero attached hydrogens (tertiary/aromatic N) is 2. The van der Waals surface area contributed by atoms with Crippen LogP contribution < -0.4 is 10.6 Å². The number of rotatable bonds is 5. The van der Waals surface area contributed by atoms with Gasteiger partial charge in [-0.3, -0.25) is 4.98 Å². The molecule has 32 heavy (non-hydrogen) atoms. The Morgan fingerprint density at radius 3 is 2.28 bits per heavy atom. The van der Waals surface area contributed by atoms with Crippen LogP contribution >= 0.6 is 0 Å². The van der Waals surface area contributed by atoms with Gasteiger partial charge in [0.25, 0.3) is 0 Å². The molecule has 1 fully saturated rings. The summed E-state index contributed by atoms with van der Waals surface area (Å²) in [5, 5.41) is 6.44. The number of piperidine rings is 1. The molecule has 3 rings (SSSR count). The number of hydrogen-bond acceptors (Lipinski definition) is 5. The van der Waals surface area contributed by atoms with E-state index in [1.165, 1.54) is 12.1 Å². The van der Waals surface area contributed by atoms with E-state index < -0.39 is 17.3 Å². The van der Waals surface area contributed by atoms with Crippen molar-refractivity contribution in [3.8, 4) is 0 Å². The van der Waals surface area contributed by atoms with E-state index in [2.05, 4.69) is 15.6 Å². The van der Waals surface area contributed by atoms with Gasteiger partial charge in [-0.2, -0.15) is 13.2 Å². The van der Waals surface area contributed by atoms with Crippen LogP contribution in [0, 0.1) is 5.92 Å². The van der Waals surface area contributed by atoms with E-state index in [1.807, 2.05) is 26.8 Å². The molecule has 6 nitrogen and oxygen atoms in total. The van der Waals surface area contributed by atoms with E-state index in [-0.39, 0.29) is 6.09 Å². The monoisotopic (exact) mass is 450 g/mol. The molecular formula is C23H29F3N4O2. The molecule has 0 spiro atoms. The Hall–Kier alpha value is -2.97. The standard InChI is InChI=1S/C23H29F3N4O2/c1-22(2,3)32-21(31)30-10-8-16(9-11-30)13-28-19-12-20(15-27-14-19)29-18-6-4-17(5-7-18)23(24,25)26/h4-7,12,14-16,28-29H,8-11,13H2,1-3H3. The number of amides is 1. The van der Waals surface area contributed by atoms with Gasteiger partial charge in [-0.1, -0.05) is 0 Å². The number of ether oxygens (including phenoxy) is 1. The van der Waals surface area contributed by atoms with Crippen LogP contribution in [0.15, 0.2) is 42.7 Å². The van der Waals surface area contributed by atoms with Crippen molar-refractivity contribution in [1.29, 1.82) is 0 Å². The highest BCUT2D eigenvalue weighted by Gasteiger charge is 2.30. The third-order valence-electron chi connectivity index (χ3n) is 5.10. The molecule has 0 saturated carbocycles. The number of alkyl halides is 3. The summed E-state index contributed by atoms with van der Waals surface area (Å²) in [6.45, 7) is 7.64. The molecule has 2 aromatic rings. The number of nitrogens with one attached hydrogen (secondary N) is 2. The first-order valence-corrected chi connectivity index (χ1v) is 10.6. The molecule has 2 heterocycles. The van der Waals surface area contributed by atoms with Crippen molar-refractivity contribution in [2.45, 2.75) is 45.4 Å². The van der Waals surface area contributed by atoms with Gasteiger partial charge in [0.05, 0.1) is 29.3 Å². The van der Waals surface area contributed by atoms with Crippen LogP contribution in [0.1, 0.15) is 39.2 Å². The minimum absolute atomic E-state index is 0.268. The Kier molecular flexibility index (Phi) is 7.16. The minimum Gasteiger partial charge on any atom is -0.444 e. The summed E-state index contributed by atoms with van der Waals surface area (Å²) in [6, 6.07) is 6.73. The zero-order chi connectivity index (χ0) is 23.4. The molecule has 1 saturated heterocycles. The lowest BCUT2D eigenvalue weighted by Crippen LogP contribution is -2.42. The maximum absolute atomic E-state index is 12.7. The van der Waals surface area contributed by atoms with Crippen molar-refractivity contribution >= 4 is 23.2 Å². The normalized spacial score (nSPS) is 15.4. The van der Waals surface area contributed by atoms with Crippen LogP contribution in [-0.2, 0) is 10.9 Å². The van der Waals surface area contributed by atoms with Crippen molar-refractivity contribution in [1.82, 2.24) is 9.88 Å². The second kappa shape index (κ2) is 9.67. The highest BCUT2D eigenvalue weighted by Crippen LogP contribution is 2.30. The summed E-state index contributed by atoms with van der Waals surface area (Å²) in [4.78, 5) is 18.1. The molecule has 1 aromatic carbocycles. The number of hydrogen-bond donors (Lipinski definition) is 2. The van der Waals surface area contributed by atoms with Crippen LogP contribution in [0.4, 0.5) is 35.0 Å². The predicted octanol–water partition coefficient (Wildman–Crippen LogP) is 5.90. The number of pyridine rings is 1. The summed E-state index contributed by atoms with van der Waals surface area (Å²) < 4.78 is 43.5. The van der Waals surface area contributed by atoms with Gasteiger partial charge in [0.15, 0.2) is 0 Å². The van der Waals surface area contributed by atoms with E-state index in [9.17, 15) is 18.0 Å². The van der Waals surface area contributed by atoms with Gasteiger partial charge in [-0.15, -0.1) is 0 Å². The molecular weight excluding hydrogens is 421 g/mol. The molecule has 1 aromatic heterocycles. The second-order valence-corrected chi connectivity index (χ2v) is 8.95. The lowest BCUT2D eigenvalue weighted by molar-refractivity contribution is -0.137. The first-order valence-electron chi connectivity index (χ1n) is 10.6. The van der Waals surface area contributed by atoms with Gasteiger partial charge in [0, 0.05) is 25.3 Å². The third kappa shape index (κ3) is 7.03. The van der Waals surface area contributed by atoms with E-state index >= 15 is 0 Å². The number of aromatic nitrogens is 1. The lowest BCUT2D eigenvalue weighted by atomic mass is 9.97. The van der Waals surface area contributed by atoms with Gasteiger partial charge in [0.2, 0.25) is 0 Å². The van der Waals surface area contributed by atoms with Crippen LogP contribution in [-0.4, -0.2) is 41.2 Å². The molecule has 2 N–H and O–H groups in total. The number of anilines is 3.